The molecule has 5 heteroatoms. The molecular formula is C12H22NO4+. The number of carbonyl (C=O) groups excluding carboxylic acids is 1. The van der Waals surface area contributed by atoms with Crippen LogP contribution in [0.1, 0.15) is 19.3 Å². The van der Waals surface area contributed by atoms with E-state index in [1.165, 1.54) is 0 Å². The van der Waals surface area contributed by atoms with Gasteiger partial charge in [-0.2, -0.15) is 0 Å². The van der Waals surface area contributed by atoms with Crippen LogP contribution in [0, 0.1) is 0 Å². The topological polar surface area (TPSA) is 63.6 Å². The predicted molar refractivity (Wildman–Crippen MR) is 64.5 cm³/mol. The number of hydrogen-bond donors (Lipinski definition) is 1. The number of quaternary nitrogens is 1. The van der Waals surface area contributed by atoms with Gasteiger partial charge in [0, 0.05) is 6.42 Å². The summed E-state index contributed by atoms with van der Waals surface area (Å²) in [6, 6.07) is 0. The summed E-state index contributed by atoms with van der Waals surface area (Å²) in [4.78, 5) is 22.1. The summed E-state index contributed by atoms with van der Waals surface area (Å²) in [5.74, 6) is -1.33. The van der Waals surface area contributed by atoms with Crippen molar-refractivity contribution in [1.82, 2.24) is 0 Å². The summed E-state index contributed by atoms with van der Waals surface area (Å²) < 4.78 is 5.70. The van der Waals surface area contributed by atoms with Crippen molar-refractivity contribution in [3.05, 3.63) is 12.7 Å². The number of carboxylic acid groups (broad SMARTS) is 1. The number of rotatable bonds is 8. The smallest absolute Gasteiger partial charge is 0.307 e. The fraction of sp³-hybridized carbons (Fsp3) is 0.667. The molecule has 5 nitrogen and oxygen atoms in total. The Morgan fingerprint density at radius 2 is 2.00 bits per heavy atom. The van der Waals surface area contributed by atoms with E-state index in [0.29, 0.717) is 17.4 Å². The highest BCUT2D eigenvalue weighted by molar-refractivity contribution is 5.71. The first kappa shape index (κ1) is 15.6. The van der Waals surface area contributed by atoms with Crippen LogP contribution >= 0.6 is 0 Å². The largest absolute Gasteiger partial charge is 0.481 e. The van der Waals surface area contributed by atoms with Crippen molar-refractivity contribution < 1.29 is 23.9 Å². The molecule has 0 spiro atoms. The fourth-order valence-corrected chi connectivity index (χ4v) is 1.41. The van der Waals surface area contributed by atoms with Crippen LogP contribution in [0.3, 0.4) is 0 Å². The first-order chi connectivity index (χ1) is 7.74. The van der Waals surface area contributed by atoms with Crippen LogP contribution in [0.25, 0.3) is 0 Å². The van der Waals surface area contributed by atoms with Crippen molar-refractivity contribution in [2.24, 2.45) is 0 Å². The molecule has 17 heavy (non-hydrogen) atoms. The zero-order valence-corrected chi connectivity index (χ0v) is 10.8. The van der Waals surface area contributed by atoms with Gasteiger partial charge in [-0.15, -0.1) is 6.58 Å². The van der Waals surface area contributed by atoms with Gasteiger partial charge in [-0.3, -0.25) is 9.59 Å². The molecule has 0 aliphatic rings. The molecule has 98 valence electrons. The molecule has 1 unspecified atom stereocenters. The Labute approximate surface area is 102 Å². The van der Waals surface area contributed by atoms with Gasteiger partial charge in [0.25, 0.3) is 0 Å². The number of hydrogen-bond acceptors (Lipinski definition) is 3. The molecule has 0 aliphatic carbocycles. The Hall–Kier alpha value is -1.36. The van der Waals surface area contributed by atoms with E-state index in [9.17, 15) is 9.59 Å². The third-order valence-electron chi connectivity index (χ3n) is 2.00. The zero-order valence-electron chi connectivity index (χ0n) is 10.8. The second-order valence-electron chi connectivity index (χ2n) is 5.01. The lowest BCUT2D eigenvalue weighted by Gasteiger charge is -2.28. The van der Waals surface area contributed by atoms with E-state index in [0.717, 1.165) is 0 Å². The van der Waals surface area contributed by atoms with Crippen LogP contribution in [-0.4, -0.2) is 55.3 Å². The SMILES string of the molecule is C=CCCC(=O)OC(CC(=O)O)C[N+](C)(C)C. The molecule has 0 saturated heterocycles. The normalized spacial score (nSPS) is 12.9. The van der Waals surface area contributed by atoms with Crippen molar-refractivity contribution in [1.29, 1.82) is 0 Å². The van der Waals surface area contributed by atoms with Crippen LogP contribution in [0.4, 0.5) is 0 Å². The Morgan fingerprint density at radius 1 is 1.41 bits per heavy atom. The maximum atomic E-state index is 11.4. The van der Waals surface area contributed by atoms with Crippen molar-refractivity contribution in [3.8, 4) is 0 Å². The van der Waals surface area contributed by atoms with E-state index in [1.54, 1.807) is 6.08 Å². The lowest BCUT2D eigenvalue weighted by Crippen LogP contribution is -2.43. The van der Waals surface area contributed by atoms with Gasteiger partial charge >= 0.3 is 11.9 Å². The standard InChI is InChI=1S/C12H21NO4/c1-5-6-7-12(16)17-10(8-11(14)15)9-13(2,3)4/h5,10H,1,6-9H2,2-4H3/p+1. The first-order valence-corrected chi connectivity index (χ1v) is 5.57. The second kappa shape index (κ2) is 7.06. The molecule has 0 rings (SSSR count). The zero-order chi connectivity index (χ0) is 13.5. The summed E-state index contributed by atoms with van der Waals surface area (Å²) in [7, 11) is 5.77. The van der Waals surface area contributed by atoms with Gasteiger partial charge in [-0.25, -0.2) is 0 Å². The Bertz CT molecular complexity index is 281. The summed E-state index contributed by atoms with van der Waals surface area (Å²) >= 11 is 0. The average molecular weight is 244 g/mol. The van der Waals surface area contributed by atoms with Gasteiger partial charge in [0.15, 0.2) is 6.10 Å². The molecule has 0 amide bonds. The highest BCUT2D eigenvalue weighted by atomic mass is 16.5. The molecule has 1 atom stereocenters. The summed E-state index contributed by atoms with van der Waals surface area (Å²) in [5.41, 5.74) is 0. The van der Waals surface area contributed by atoms with Crippen LogP contribution in [0.5, 0.6) is 0 Å². The van der Waals surface area contributed by atoms with E-state index < -0.39 is 12.1 Å². The summed E-state index contributed by atoms with van der Waals surface area (Å²) in [5, 5.41) is 8.76. The number of carboxylic acids is 1. The molecule has 0 radical (unpaired) electrons. The van der Waals surface area contributed by atoms with Crippen LogP contribution in [0.15, 0.2) is 12.7 Å². The van der Waals surface area contributed by atoms with Gasteiger partial charge in [-0.1, -0.05) is 6.08 Å². The lowest BCUT2D eigenvalue weighted by atomic mass is 10.2. The second-order valence-corrected chi connectivity index (χ2v) is 5.01. The van der Waals surface area contributed by atoms with Gasteiger partial charge in [0.05, 0.1) is 27.6 Å². The van der Waals surface area contributed by atoms with Gasteiger partial charge in [-0.05, 0) is 6.42 Å². The summed E-state index contributed by atoms with van der Waals surface area (Å²) in [6.07, 6.45) is 1.69. The quantitative estimate of drug-likeness (QED) is 0.394. The third kappa shape index (κ3) is 9.56. The van der Waals surface area contributed by atoms with Gasteiger partial charge < -0.3 is 14.3 Å². The van der Waals surface area contributed by atoms with Gasteiger partial charge in [0.2, 0.25) is 0 Å². The van der Waals surface area contributed by atoms with Gasteiger partial charge in [0.1, 0.15) is 6.54 Å². The molecule has 0 bridgehead atoms. The summed E-state index contributed by atoms with van der Waals surface area (Å²) in [6.45, 7) is 3.99. The van der Waals surface area contributed by atoms with Crippen molar-refractivity contribution in [2.75, 3.05) is 27.7 Å². The molecular weight excluding hydrogens is 222 g/mol. The molecule has 0 saturated carbocycles. The van der Waals surface area contributed by atoms with Crippen LogP contribution in [0.2, 0.25) is 0 Å². The van der Waals surface area contributed by atoms with E-state index in [4.69, 9.17) is 9.84 Å². The highest BCUT2D eigenvalue weighted by Gasteiger charge is 2.24. The van der Waals surface area contributed by atoms with E-state index in [-0.39, 0.29) is 18.8 Å². The number of ether oxygens (including phenoxy) is 1. The van der Waals surface area contributed by atoms with Crippen LogP contribution < -0.4 is 0 Å². The molecule has 0 aromatic rings. The molecule has 1 N–H and O–H groups in total. The Balaban J connectivity index is 4.32. The number of esters is 1. The van der Waals surface area contributed by atoms with Crippen molar-refractivity contribution >= 4 is 11.9 Å². The molecule has 0 aromatic carbocycles. The van der Waals surface area contributed by atoms with Crippen LogP contribution in [-0.2, 0) is 14.3 Å². The number of nitrogens with zero attached hydrogens (tertiary/aromatic N) is 1. The predicted octanol–water partition coefficient (Wildman–Crippen LogP) is 1.05. The fourth-order valence-electron chi connectivity index (χ4n) is 1.41. The van der Waals surface area contributed by atoms with E-state index in [2.05, 4.69) is 6.58 Å². The Morgan fingerprint density at radius 3 is 2.41 bits per heavy atom. The molecule has 0 aromatic heterocycles. The number of aliphatic carboxylic acids is 1. The maximum absolute atomic E-state index is 11.4. The van der Waals surface area contributed by atoms with E-state index in [1.807, 2.05) is 21.1 Å². The van der Waals surface area contributed by atoms with Crippen molar-refractivity contribution in [2.45, 2.75) is 25.4 Å². The molecule has 0 fully saturated rings. The minimum Gasteiger partial charge on any atom is -0.481 e. The average Bonchev–Trinajstić information content (AvgIpc) is 2.10. The molecule has 0 heterocycles. The minimum atomic E-state index is -0.958. The number of likely N-dealkylation sites (N-methyl/N-ethyl adjacent to an activating group) is 1. The number of allylic oxidation sites excluding steroid dienone is 1. The maximum Gasteiger partial charge on any atom is 0.307 e. The first-order valence-electron chi connectivity index (χ1n) is 5.57. The monoisotopic (exact) mass is 244 g/mol. The number of carbonyl (C=O) groups is 2. The highest BCUT2D eigenvalue weighted by Crippen LogP contribution is 2.07. The molecule has 0 aliphatic heterocycles. The van der Waals surface area contributed by atoms with Crippen molar-refractivity contribution in [3.63, 3.8) is 0 Å². The Kier molecular flexibility index (Phi) is 6.50. The third-order valence-corrected chi connectivity index (χ3v) is 2.00. The van der Waals surface area contributed by atoms with E-state index >= 15 is 0 Å². The minimum absolute atomic E-state index is 0.157. The lowest BCUT2D eigenvalue weighted by molar-refractivity contribution is -0.873.